The third-order valence-corrected chi connectivity index (χ3v) is 1.36. The van der Waals surface area contributed by atoms with E-state index in [4.69, 9.17) is 0 Å². The molecular formula is C9H7F5O. The van der Waals surface area contributed by atoms with Crippen molar-refractivity contribution >= 4 is 6.29 Å². The fourth-order valence-corrected chi connectivity index (χ4v) is 0.725. The normalized spacial score (nSPS) is 9.27. The van der Waals surface area contributed by atoms with Gasteiger partial charge in [0.25, 0.3) is 0 Å². The van der Waals surface area contributed by atoms with E-state index >= 15 is 0 Å². The molecule has 0 aliphatic carbocycles. The van der Waals surface area contributed by atoms with Crippen molar-refractivity contribution in [1.29, 1.82) is 0 Å². The molecule has 15 heavy (non-hydrogen) atoms. The van der Waals surface area contributed by atoms with Crippen LogP contribution in [0.4, 0.5) is 22.0 Å². The van der Waals surface area contributed by atoms with Crippen molar-refractivity contribution in [2.24, 2.45) is 0 Å². The fraction of sp³-hybridized carbons (Fsp3) is 0.222. The second kappa shape index (κ2) is 5.43. The predicted molar refractivity (Wildman–Crippen MR) is 43.0 cm³/mol. The molecular weight excluding hydrogens is 219 g/mol. The van der Waals surface area contributed by atoms with Gasteiger partial charge in [-0.05, 0) is 0 Å². The van der Waals surface area contributed by atoms with Crippen LogP contribution in [-0.2, 0) is 0 Å². The average molecular weight is 226 g/mol. The van der Waals surface area contributed by atoms with Gasteiger partial charge in [-0.2, -0.15) is 0 Å². The summed E-state index contributed by atoms with van der Waals surface area (Å²) in [6.45, 7) is 4.00. The first-order chi connectivity index (χ1) is 7.00. The van der Waals surface area contributed by atoms with Crippen molar-refractivity contribution in [3.05, 3.63) is 34.6 Å². The highest BCUT2D eigenvalue weighted by atomic mass is 19.2. The number of carbonyl (C=O) groups is 1. The van der Waals surface area contributed by atoms with Crippen LogP contribution in [0.1, 0.15) is 24.2 Å². The van der Waals surface area contributed by atoms with E-state index in [9.17, 15) is 26.7 Å². The summed E-state index contributed by atoms with van der Waals surface area (Å²) in [5, 5.41) is 0. The Morgan fingerprint density at radius 3 is 1.27 bits per heavy atom. The zero-order valence-electron chi connectivity index (χ0n) is 7.88. The summed E-state index contributed by atoms with van der Waals surface area (Å²) in [5.41, 5.74) is -1.46. The van der Waals surface area contributed by atoms with E-state index in [-0.39, 0.29) is 0 Å². The molecule has 84 valence electrons. The molecule has 1 nitrogen and oxygen atoms in total. The number of carbonyl (C=O) groups excluding carboxylic acids is 1. The summed E-state index contributed by atoms with van der Waals surface area (Å²) in [7, 11) is 0. The monoisotopic (exact) mass is 226 g/mol. The Hall–Kier alpha value is -1.46. The zero-order chi connectivity index (χ0) is 12.2. The van der Waals surface area contributed by atoms with Crippen molar-refractivity contribution in [1.82, 2.24) is 0 Å². The summed E-state index contributed by atoms with van der Waals surface area (Å²) in [4.78, 5) is 9.93. The second-order valence-electron chi connectivity index (χ2n) is 2.10. The van der Waals surface area contributed by atoms with Crippen molar-refractivity contribution in [3.63, 3.8) is 0 Å². The minimum atomic E-state index is -2.28. The highest BCUT2D eigenvalue weighted by Gasteiger charge is 2.24. The van der Waals surface area contributed by atoms with Crippen LogP contribution >= 0.6 is 0 Å². The molecule has 0 spiro atoms. The van der Waals surface area contributed by atoms with Crippen molar-refractivity contribution < 1.29 is 26.7 Å². The van der Waals surface area contributed by atoms with Crippen LogP contribution in [0.25, 0.3) is 0 Å². The third kappa shape index (κ3) is 2.31. The molecule has 0 radical (unpaired) electrons. The summed E-state index contributed by atoms with van der Waals surface area (Å²) < 4.78 is 61.7. The standard InChI is InChI=1S/C7HF5O.C2H6/c8-3-2(1-13)4(9)6(11)7(12)5(3)10;1-2/h1H;1-2H3. The molecule has 1 rings (SSSR count). The molecule has 1 aromatic carbocycles. The Labute approximate surface area is 82.5 Å². The number of aldehydes is 1. The predicted octanol–water partition coefficient (Wildman–Crippen LogP) is 3.22. The largest absolute Gasteiger partial charge is 0.298 e. The Bertz CT molecular complexity index is 346. The van der Waals surface area contributed by atoms with Gasteiger partial charge in [-0.3, -0.25) is 4.79 Å². The maximum atomic E-state index is 12.5. The summed E-state index contributed by atoms with van der Waals surface area (Å²) >= 11 is 0. The van der Waals surface area contributed by atoms with Crippen molar-refractivity contribution in [2.75, 3.05) is 0 Å². The van der Waals surface area contributed by atoms with Gasteiger partial charge in [-0.25, -0.2) is 22.0 Å². The summed E-state index contributed by atoms with van der Waals surface area (Å²) in [6.07, 6.45) is -0.434. The summed E-state index contributed by atoms with van der Waals surface area (Å²) in [6, 6.07) is 0. The van der Waals surface area contributed by atoms with Crippen LogP contribution in [0.5, 0.6) is 0 Å². The molecule has 0 aliphatic rings. The SMILES string of the molecule is CC.O=Cc1c(F)c(F)c(F)c(F)c1F. The molecule has 0 aromatic heterocycles. The van der Waals surface area contributed by atoms with Gasteiger partial charge in [-0.1, -0.05) is 13.8 Å². The first-order valence-corrected chi connectivity index (χ1v) is 3.97. The summed E-state index contributed by atoms with van der Waals surface area (Å²) in [5.74, 6) is -10.8. The number of benzene rings is 1. The topological polar surface area (TPSA) is 17.1 Å². The third-order valence-electron chi connectivity index (χ3n) is 1.36. The van der Waals surface area contributed by atoms with Crippen molar-refractivity contribution in [2.45, 2.75) is 13.8 Å². The van der Waals surface area contributed by atoms with E-state index in [1.54, 1.807) is 0 Å². The van der Waals surface area contributed by atoms with Gasteiger partial charge in [0.1, 0.15) is 0 Å². The Morgan fingerprint density at radius 2 is 1.00 bits per heavy atom. The van der Waals surface area contributed by atoms with E-state index in [0.29, 0.717) is 0 Å². The molecule has 0 unspecified atom stereocenters. The second-order valence-corrected chi connectivity index (χ2v) is 2.10. The molecule has 0 saturated carbocycles. The van der Waals surface area contributed by atoms with Crippen LogP contribution in [0.2, 0.25) is 0 Å². The highest BCUT2D eigenvalue weighted by Crippen LogP contribution is 2.21. The quantitative estimate of drug-likeness (QED) is 0.311. The van der Waals surface area contributed by atoms with Crippen LogP contribution in [0, 0.1) is 29.1 Å². The van der Waals surface area contributed by atoms with E-state index in [2.05, 4.69) is 0 Å². The Morgan fingerprint density at radius 1 is 0.733 bits per heavy atom. The molecule has 0 bridgehead atoms. The maximum absolute atomic E-state index is 12.5. The lowest BCUT2D eigenvalue weighted by Crippen LogP contribution is -2.05. The molecule has 6 heteroatoms. The van der Waals surface area contributed by atoms with Gasteiger partial charge in [0, 0.05) is 0 Å². The lowest BCUT2D eigenvalue weighted by Gasteiger charge is -2.01. The van der Waals surface area contributed by atoms with Crippen molar-refractivity contribution in [3.8, 4) is 0 Å². The van der Waals surface area contributed by atoms with Crippen LogP contribution in [-0.4, -0.2) is 6.29 Å². The lowest BCUT2D eigenvalue weighted by molar-refractivity contribution is 0.111. The Kier molecular flexibility index (Phi) is 4.90. The van der Waals surface area contributed by atoms with Gasteiger partial charge in [0.05, 0.1) is 5.56 Å². The van der Waals surface area contributed by atoms with E-state index in [1.165, 1.54) is 0 Å². The fourth-order valence-electron chi connectivity index (χ4n) is 0.725. The molecule has 0 N–H and O–H groups in total. The van der Waals surface area contributed by atoms with Gasteiger partial charge < -0.3 is 0 Å². The average Bonchev–Trinajstić information content (AvgIpc) is 2.27. The minimum absolute atomic E-state index is 0.434. The van der Waals surface area contributed by atoms with Gasteiger partial charge in [-0.15, -0.1) is 0 Å². The number of rotatable bonds is 1. The first-order valence-electron chi connectivity index (χ1n) is 3.97. The van der Waals surface area contributed by atoms with Gasteiger partial charge in [0.2, 0.25) is 5.82 Å². The van der Waals surface area contributed by atoms with Crippen LogP contribution < -0.4 is 0 Å². The number of hydrogen-bond acceptors (Lipinski definition) is 1. The van der Waals surface area contributed by atoms with Crippen LogP contribution in [0.15, 0.2) is 0 Å². The van der Waals surface area contributed by atoms with Gasteiger partial charge >= 0.3 is 0 Å². The molecule has 0 heterocycles. The molecule has 0 atom stereocenters. The van der Waals surface area contributed by atoms with Gasteiger partial charge in [0.15, 0.2) is 29.6 Å². The minimum Gasteiger partial charge on any atom is -0.298 e. The zero-order valence-corrected chi connectivity index (χ0v) is 7.88. The first kappa shape index (κ1) is 13.5. The molecule has 0 aliphatic heterocycles. The molecule has 0 saturated heterocycles. The van der Waals surface area contributed by atoms with Crippen LogP contribution in [0.3, 0.4) is 0 Å². The Balaban J connectivity index is 0.000000921. The number of hydrogen-bond donors (Lipinski definition) is 0. The van der Waals surface area contributed by atoms with E-state index in [1.807, 2.05) is 13.8 Å². The smallest absolute Gasteiger partial charge is 0.200 e. The maximum Gasteiger partial charge on any atom is 0.200 e. The van der Waals surface area contributed by atoms with E-state index in [0.717, 1.165) is 0 Å². The molecule has 0 amide bonds. The molecule has 0 fully saturated rings. The van der Waals surface area contributed by atoms with E-state index < -0.39 is 40.9 Å². The number of halogens is 5. The highest BCUT2D eigenvalue weighted by molar-refractivity contribution is 5.75. The lowest BCUT2D eigenvalue weighted by atomic mass is 10.2. The molecule has 1 aromatic rings.